The van der Waals surface area contributed by atoms with Gasteiger partial charge in [-0.1, -0.05) is 45.0 Å². The molecular weight excluding hydrogens is 262 g/mol. The molecule has 0 aliphatic carbocycles. The normalized spacial score (nSPS) is 13.0. The minimum absolute atomic E-state index is 0.144. The molecule has 1 aromatic heterocycles. The summed E-state index contributed by atoms with van der Waals surface area (Å²) >= 11 is 0. The summed E-state index contributed by atoms with van der Waals surface area (Å²) in [5, 5.41) is 10.4. The molecule has 1 atom stereocenters. The lowest BCUT2D eigenvalue weighted by molar-refractivity contribution is 0.174. The van der Waals surface area contributed by atoms with Gasteiger partial charge in [0.25, 0.3) is 0 Å². The molecule has 0 aliphatic rings. The lowest BCUT2D eigenvalue weighted by Crippen LogP contribution is -2.11. The zero-order valence-corrected chi connectivity index (χ0v) is 13.1. The minimum atomic E-state index is -0.594. The van der Waals surface area contributed by atoms with Crippen LogP contribution >= 0.6 is 0 Å². The molecule has 2 rings (SSSR count). The summed E-state index contributed by atoms with van der Waals surface area (Å²) in [6, 6.07) is 10.2. The van der Waals surface area contributed by atoms with E-state index in [1.54, 1.807) is 25.6 Å². The third-order valence-corrected chi connectivity index (χ3v) is 3.64. The van der Waals surface area contributed by atoms with Crippen LogP contribution in [0.5, 0.6) is 5.75 Å². The number of ether oxygens (including phenoxy) is 1. The van der Waals surface area contributed by atoms with E-state index in [2.05, 4.69) is 50.0 Å². The molecule has 1 aromatic carbocycles. The molecule has 0 saturated heterocycles. The van der Waals surface area contributed by atoms with Crippen molar-refractivity contribution in [2.45, 2.75) is 38.7 Å². The lowest BCUT2D eigenvalue weighted by atomic mass is 9.86. The average Bonchev–Trinajstić information content (AvgIpc) is 2.46. The smallest absolute Gasteiger partial charge is 0.142 e. The fourth-order valence-corrected chi connectivity index (χ4v) is 2.31. The van der Waals surface area contributed by atoms with Crippen LogP contribution in [0.3, 0.4) is 0 Å². The summed E-state index contributed by atoms with van der Waals surface area (Å²) in [7, 11) is 1.59. The van der Waals surface area contributed by atoms with E-state index in [1.165, 1.54) is 5.56 Å². The van der Waals surface area contributed by atoms with E-state index in [4.69, 9.17) is 4.74 Å². The molecule has 0 spiro atoms. The molecule has 1 unspecified atom stereocenters. The van der Waals surface area contributed by atoms with Crippen LogP contribution in [0.15, 0.2) is 42.7 Å². The van der Waals surface area contributed by atoms with Crippen molar-refractivity contribution in [3.8, 4) is 5.75 Å². The highest BCUT2D eigenvalue weighted by Crippen LogP contribution is 2.27. The summed E-state index contributed by atoms with van der Waals surface area (Å²) in [6.07, 6.45) is 3.26. The zero-order chi connectivity index (χ0) is 15.5. The number of methoxy groups -OCH3 is 1. The molecule has 21 heavy (non-hydrogen) atoms. The molecule has 0 radical (unpaired) electrons. The Morgan fingerprint density at radius 3 is 2.38 bits per heavy atom. The van der Waals surface area contributed by atoms with Gasteiger partial charge in [-0.25, -0.2) is 0 Å². The van der Waals surface area contributed by atoms with Gasteiger partial charge in [-0.2, -0.15) is 0 Å². The van der Waals surface area contributed by atoms with Gasteiger partial charge in [0.05, 0.1) is 19.4 Å². The SMILES string of the molecule is COc1cnccc1C(O)Cc1ccc(C(C)(C)C)cc1. The number of pyridine rings is 1. The first kappa shape index (κ1) is 15.5. The van der Waals surface area contributed by atoms with E-state index in [-0.39, 0.29) is 5.41 Å². The Kier molecular flexibility index (Phi) is 4.63. The minimum Gasteiger partial charge on any atom is -0.495 e. The third kappa shape index (κ3) is 3.82. The number of benzene rings is 1. The van der Waals surface area contributed by atoms with E-state index < -0.39 is 6.10 Å². The fraction of sp³-hybridized carbons (Fsp3) is 0.389. The number of rotatable bonds is 4. The second-order valence-corrected chi connectivity index (χ2v) is 6.28. The van der Waals surface area contributed by atoms with Crippen molar-refractivity contribution in [2.75, 3.05) is 7.11 Å². The molecule has 3 heteroatoms. The van der Waals surface area contributed by atoms with Crippen LogP contribution in [0.2, 0.25) is 0 Å². The monoisotopic (exact) mass is 285 g/mol. The third-order valence-electron chi connectivity index (χ3n) is 3.64. The van der Waals surface area contributed by atoms with E-state index in [9.17, 15) is 5.11 Å². The highest BCUT2D eigenvalue weighted by molar-refractivity contribution is 5.34. The maximum Gasteiger partial charge on any atom is 0.142 e. The Balaban J connectivity index is 2.14. The second-order valence-electron chi connectivity index (χ2n) is 6.28. The van der Waals surface area contributed by atoms with Crippen LogP contribution in [0.1, 0.15) is 43.6 Å². The molecule has 1 N–H and O–H groups in total. The van der Waals surface area contributed by atoms with Gasteiger partial charge in [0.1, 0.15) is 5.75 Å². The lowest BCUT2D eigenvalue weighted by Gasteiger charge is -2.20. The number of hydrogen-bond donors (Lipinski definition) is 1. The van der Waals surface area contributed by atoms with Crippen molar-refractivity contribution in [3.63, 3.8) is 0 Å². The molecule has 0 fully saturated rings. The molecule has 0 bridgehead atoms. The van der Waals surface area contributed by atoms with Crippen molar-refractivity contribution < 1.29 is 9.84 Å². The van der Waals surface area contributed by atoms with Crippen molar-refractivity contribution in [3.05, 3.63) is 59.4 Å². The molecule has 112 valence electrons. The van der Waals surface area contributed by atoms with Crippen molar-refractivity contribution in [2.24, 2.45) is 0 Å². The van der Waals surface area contributed by atoms with Crippen LogP contribution in [-0.4, -0.2) is 17.2 Å². The van der Waals surface area contributed by atoms with Gasteiger partial charge in [-0.05, 0) is 22.6 Å². The summed E-state index contributed by atoms with van der Waals surface area (Å²) in [5.41, 5.74) is 3.31. The summed E-state index contributed by atoms with van der Waals surface area (Å²) in [4.78, 5) is 4.01. The Bertz CT molecular complexity index is 585. The first-order chi connectivity index (χ1) is 9.91. The predicted octanol–water partition coefficient (Wildman–Crippen LogP) is 3.66. The number of aromatic nitrogens is 1. The molecule has 0 saturated carbocycles. The van der Waals surface area contributed by atoms with Crippen LogP contribution in [0.25, 0.3) is 0 Å². The van der Waals surface area contributed by atoms with E-state index in [0.717, 1.165) is 11.1 Å². The van der Waals surface area contributed by atoms with Gasteiger partial charge in [0.15, 0.2) is 0 Å². The van der Waals surface area contributed by atoms with Gasteiger partial charge in [-0.15, -0.1) is 0 Å². The highest BCUT2D eigenvalue weighted by atomic mass is 16.5. The molecular formula is C18H23NO2. The topological polar surface area (TPSA) is 42.4 Å². The van der Waals surface area contributed by atoms with E-state index in [0.29, 0.717) is 12.2 Å². The first-order valence-electron chi connectivity index (χ1n) is 7.17. The molecule has 2 aromatic rings. The van der Waals surface area contributed by atoms with Crippen molar-refractivity contribution in [1.82, 2.24) is 4.98 Å². The Hall–Kier alpha value is -1.87. The maximum atomic E-state index is 10.4. The Morgan fingerprint density at radius 2 is 1.81 bits per heavy atom. The number of aliphatic hydroxyl groups is 1. The maximum absolute atomic E-state index is 10.4. The van der Waals surface area contributed by atoms with E-state index >= 15 is 0 Å². The molecule has 0 amide bonds. The molecule has 3 nitrogen and oxygen atoms in total. The summed E-state index contributed by atoms with van der Waals surface area (Å²) in [6.45, 7) is 6.58. The first-order valence-corrected chi connectivity index (χ1v) is 7.17. The van der Waals surface area contributed by atoms with Crippen LogP contribution < -0.4 is 4.74 Å². The quantitative estimate of drug-likeness (QED) is 0.932. The van der Waals surface area contributed by atoms with Crippen LogP contribution in [-0.2, 0) is 11.8 Å². The molecule has 0 aliphatic heterocycles. The van der Waals surface area contributed by atoms with Gasteiger partial charge in [-0.3, -0.25) is 4.98 Å². The molecule has 1 heterocycles. The van der Waals surface area contributed by atoms with Crippen LogP contribution in [0.4, 0.5) is 0 Å². The Morgan fingerprint density at radius 1 is 1.14 bits per heavy atom. The summed E-state index contributed by atoms with van der Waals surface area (Å²) < 4.78 is 5.25. The van der Waals surface area contributed by atoms with Crippen molar-refractivity contribution in [1.29, 1.82) is 0 Å². The fourth-order valence-electron chi connectivity index (χ4n) is 2.31. The van der Waals surface area contributed by atoms with Crippen molar-refractivity contribution >= 4 is 0 Å². The van der Waals surface area contributed by atoms with Gasteiger partial charge >= 0.3 is 0 Å². The largest absolute Gasteiger partial charge is 0.495 e. The highest BCUT2D eigenvalue weighted by Gasteiger charge is 2.16. The zero-order valence-electron chi connectivity index (χ0n) is 13.1. The van der Waals surface area contributed by atoms with Gasteiger partial charge in [0, 0.05) is 18.2 Å². The second kappa shape index (κ2) is 6.27. The average molecular weight is 285 g/mol. The number of hydrogen-bond acceptors (Lipinski definition) is 3. The summed E-state index contributed by atoms with van der Waals surface area (Å²) in [5.74, 6) is 0.622. The standard InChI is InChI=1S/C18H23NO2/c1-18(2,3)14-7-5-13(6-8-14)11-16(20)15-9-10-19-12-17(15)21-4/h5-10,12,16,20H,11H2,1-4H3. The van der Waals surface area contributed by atoms with Gasteiger partial charge < -0.3 is 9.84 Å². The predicted molar refractivity (Wildman–Crippen MR) is 84.6 cm³/mol. The Labute approximate surface area is 126 Å². The van der Waals surface area contributed by atoms with E-state index in [1.807, 2.05) is 0 Å². The number of nitrogens with zero attached hydrogens (tertiary/aromatic N) is 1. The number of aliphatic hydroxyl groups excluding tert-OH is 1. The van der Waals surface area contributed by atoms with Crippen LogP contribution in [0, 0.1) is 0 Å². The van der Waals surface area contributed by atoms with Gasteiger partial charge in [0.2, 0.25) is 0 Å².